The first-order valence-corrected chi connectivity index (χ1v) is 5.30. The molecule has 1 heterocycles. The molecule has 0 spiro atoms. The van der Waals surface area contributed by atoms with Crippen molar-refractivity contribution >= 4 is 5.91 Å². The first-order chi connectivity index (χ1) is 8.66. The van der Waals surface area contributed by atoms with E-state index in [1.165, 1.54) is 12.3 Å². The molecule has 0 aliphatic carbocycles. The molecule has 0 bridgehead atoms. The van der Waals surface area contributed by atoms with Crippen molar-refractivity contribution < 1.29 is 13.6 Å². The Kier molecular flexibility index (Phi) is 3.62. The fourth-order valence-electron chi connectivity index (χ4n) is 1.44. The summed E-state index contributed by atoms with van der Waals surface area (Å²) >= 11 is 0. The summed E-state index contributed by atoms with van der Waals surface area (Å²) in [7, 11) is 0. The lowest BCUT2D eigenvalue weighted by atomic mass is 10.2. The van der Waals surface area contributed by atoms with Crippen LogP contribution in [0.15, 0.2) is 42.6 Å². The highest BCUT2D eigenvalue weighted by atomic mass is 19.1. The predicted molar refractivity (Wildman–Crippen MR) is 61.8 cm³/mol. The Morgan fingerprint density at radius 1 is 1.22 bits per heavy atom. The molecule has 0 fully saturated rings. The quantitative estimate of drug-likeness (QED) is 0.905. The van der Waals surface area contributed by atoms with Gasteiger partial charge < -0.3 is 5.32 Å². The second-order valence-corrected chi connectivity index (χ2v) is 3.63. The van der Waals surface area contributed by atoms with Crippen LogP contribution in [0.4, 0.5) is 8.78 Å². The van der Waals surface area contributed by atoms with Gasteiger partial charge in [-0.3, -0.25) is 9.78 Å². The normalized spacial score (nSPS) is 10.1. The molecule has 1 aromatic carbocycles. The van der Waals surface area contributed by atoms with Crippen molar-refractivity contribution in [2.45, 2.75) is 6.54 Å². The van der Waals surface area contributed by atoms with Gasteiger partial charge >= 0.3 is 0 Å². The van der Waals surface area contributed by atoms with E-state index >= 15 is 0 Å². The van der Waals surface area contributed by atoms with Crippen molar-refractivity contribution in [2.24, 2.45) is 0 Å². The third-order valence-electron chi connectivity index (χ3n) is 2.34. The van der Waals surface area contributed by atoms with Crippen LogP contribution in [0.2, 0.25) is 0 Å². The number of rotatable bonds is 3. The summed E-state index contributed by atoms with van der Waals surface area (Å²) in [5.41, 5.74) is 0.327. The topological polar surface area (TPSA) is 42.0 Å². The molecule has 1 amide bonds. The Labute approximate surface area is 102 Å². The molecule has 1 aromatic heterocycles. The average molecular weight is 248 g/mol. The second-order valence-electron chi connectivity index (χ2n) is 3.63. The fourth-order valence-corrected chi connectivity index (χ4v) is 1.44. The van der Waals surface area contributed by atoms with E-state index in [9.17, 15) is 13.6 Å². The maximum Gasteiger partial charge on any atom is 0.270 e. The molecular weight excluding hydrogens is 238 g/mol. The summed E-state index contributed by atoms with van der Waals surface area (Å²) in [5, 5.41) is 2.48. The van der Waals surface area contributed by atoms with Gasteiger partial charge in [-0.05, 0) is 30.3 Å². The van der Waals surface area contributed by atoms with Crippen LogP contribution in [0.5, 0.6) is 0 Å². The van der Waals surface area contributed by atoms with Gasteiger partial charge in [0.25, 0.3) is 5.91 Å². The number of amides is 1. The molecule has 0 aliphatic heterocycles. The van der Waals surface area contributed by atoms with Gasteiger partial charge in [0.05, 0.1) is 0 Å². The lowest BCUT2D eigenvalue weighted by molar-refractivity contribution is 0.0945. The summed E-state index contributed by atoms with van der Waals surface area (Å²) in [5.74, 6) is -1.53. The van der Waals surface area contributed by atoms with E-state index in [2.05, 4.69) is 10.3 Å². The van der Waals surface area contributed by atoms with Crippen LogP contribution < -0.4 is 5.32 Å². The van der Waals surface area contributed by atoms with Crippen molar-refractivity contribution in [1.29, 1.82) is 0 Å². The maximum atomic E-state index is 13.3. The van der Waals surface area contributed by atoms with Crippen molar-refractivity contribution in [1.82, 2.24) is 10.3 Å². The van der Waals surface area contributed by atoms with Gasteiger partial charge in [-0.1, -0.05) is 6.07 Å². The molecule has 5 heteroatoms. The summed E-state index contributed by atoms with van der Waals surface area (Å²) in [6.45, 7) is -0.0843. The molecule has 0 radical (unpaired) electrons. The molecule has 0 atom stereocenters. The minimum Gasteiger partial charge on any atom is -0.347 e. The number of carbonyl (C=O) groups excluding carboxylic acids is 1. The molecule has 92 valence electrons. The Hall–Kier alpha value is -2.30. The number of hydrogen-bond donors (Lipinski definition) is 1. The number of halogens is 2. The van der Waals surface area contributed by atoms with Crippen LogP contribution in [0.25, 0.3) is 0 Å². The van der Waals surface area contributed by atoms with Gasteiger partial charge in [-0.25, -0.2) is 8.78 Å². The zero-order valence-electron chi connectivity index (χ0n) is 9.36. The van der Waals surface area contributed by atoms with Gasteiger partial charge in [0.15, 0.2) is 0 Å². The number of aromatic nitrogens is 1. The number of carbonyl (C=O) groups is 1. The highest BCUT2D eigenvalue weighted by Gasteiger charge is 2.08. The zero-order chi connectivity index (χ0) is 13.0. The highest BCUT2D eigenvalue weighted by Crippen LogP contribution is 2.09. The first-order valence-electron chi connectivity index (χ1n) is 5.30. The monoisotopic (exact) mass is 248 g/mol. The van der Waals surface area contributed by atoms with Crippen LogP contribution in [-0.2, 0) is 6.54 Å². The second kappa shape index (κ2) is 5.35. The van der Waals surface area contributed by atoms with E-state index in [1.54, 1.807) is 12.1 Å². The lowest BCUT2D eigenvalue weighted by Gasteiger charge is -2.05. The summed E-state index contributed by atoms with van der Waals surface area (Å²) < 4.78 is 26.2. The average Bonchev–Trinajstić information content (AvgIpc) is 2.40. The van der Waals surface area contributed by atoms with Crippen LogP contribution in [0.1, 0.15) is 16.1 Å². The molecule has 18 heavy (non-hydrogen) atoms. The molecule has 1 N–H and O–H groups in total. The fraction of sp³-hybridized carbons (Fsp3) is 0.0769. The molecule has 0 saturated heterocycles. The SMILES string of the molecule is O=C(NCc1cc(F)ccc1F)c1ccccn1. The standard InChI is InChI=1S/C13H10F2N2O/c14-10-4-5-11(15)9(7-10)8-17-13(18)12-3-1-2-6-16-12/h1-7H,8H2,(H,17,18). The number of nitrogens with one attached hydrogen (secondary N) is 1. The smallest absolute Gasteiger partial charge is 0.270 e. The van der Waals surface area contributed by atoms with E-state index in [4.69, 9.17) is 0 Å². The van der Waals surface area contributed by atoms with Gasteiger partial charge in [0, 0.05) is 18.3 Å². The zero-order valence-corrected chi connectivity index (χ0v) is 9.36. The molecule has 0 unspecified atom stereocenters. The molecule has 0 saturated carbocycles. The third kappa shape index (κ3) is 2.88. The van der Waals surface area contributed by atoms with E-state index in [0.29, 0.717) is 0 Å². The third-order valence-corrected chi connectivity index (χ3v) is 2.34. The molecular formula is C13H10F2N2O. The highest BCUT2D eigenvalue weighted by molar-refractivity contribution is 5.92. The van der Waals surface area contributed by atoms with E-state index < -0.39 is 17.5 Å². The van der Waals surface area contributed by atoms with Crippen LogP contribution in [0, 0.1) is 11.6 Å². The van der Waals surface area contributed by atoms with Crippen LogP contribution in [-0.4, -0.2) is 10.9 Å². The van der Waals surface area contributed by atoms with E-state index in [0.717, 1.165) is 18.2 Å². The minimum atomic E-state index is -0.558. The molecule has 2 rings (SSSR count). The van der Waals surface area contributed by atoms with Crippen LogP contribution >= 0.6 is 0 Å². The Morgan fingerprint density at radius 2 is 2.06 bits per heavy atom. The summed E-state index contributed by atoms with van der Waals surface area (Å²) in [6, 6.07) is 8.00. The largest absolute Gasteiger partial charge is 0.347 e. The number of pyridine rings is 1. The number of hydrogen-bond acceptors (Lipinski definition) is 2. The number of nitrogens with zero attached hydrogens (tertiary/aromatic N) is 1. The summed E-state index contributed by atoms with van der Waals surface area (Å²) in [6.07, 6.45) is 1.48. The van der Waals surface area contributed by atoms with E-state index in [-0.39, 0.29) is 17.8 Å². The maximum absolute atomic E-state index is 13.3. The molecule has 0 aliphatic rings. The Morgan fingerprint density at radius 3 is 2.78 bits per heavy atom. The van der Waals surface area contributed by atoms with Crippen LogP contribution in [0.3, 0.4) is 0 Å². The van der Waals surface area contributed by atoms with Gasteiger partial charge in [0.2, 0.25) is 0 Å². The Bertz CT molecular complexity index is 558. The van der Waals surface area contributed by atoms with Crippen molar-refractivity contribution in [3.8, 4) is 0 Å². The Balaban J connectivity index is 2.04. The predicted octanol–water partition coefficient (Wildman–Crippen LogP) is 2.29. The van der Waals surface area contributed by atoms with Crippen molar-refractivity contribution in [2.75, 3.05) is 0 Å². The lowest BCUT2D eigenvalue weighted by Crippen LogP contribution is -2.24. The van der Waals surface area contributed by atoms with Crippen molar-refractivity contribution in [3.63, 3.8) is 0 Å². The number of benzene rings is 1. The van der Waals surface area contributed by atoms with Crippen molar-refractivity contribution in [3.05, 3.63) is 65.5 Å². The molecule has 3 nitrogen and oxygen atoms in total. The van der Waals surface area contributed by atoms with Gasteiger partial charge in [-0.2, -0.15) is 0 Å². The minimum absolute atomic E-state index is 0.0843. The summed E-state index contributed by atoms with van der Waals surface area (Å²) in [4.78, 5) is 15.5. The first kappa shape index (κ1) is 12.2. The van der Waals surface area contributed by atoms with E-state index in [1.807, 2.05) is 0 Å². The molecule has 2 aromatic rings. The van der Waals surface area contributed by atoms with Gasteiger partial charge in [-0.15, -0.1) is 0 Å². The van der Waals surface area contributed by atoms with Gasteiger partial charge in [0.1, 0.15) is 17.3 Å².